The standard InChI is InChI=1S/C30H38N4O4S/c1-19(2)18-38-25-11-20(3)10-22(12-25)23-13-27(28(32-16-23)34-17-21(4)15-30(34,5)6)29(35)33-39(36,37)26-9-7-8-24(31)14-26/h7-14,16,19,21H,15,17-18,31H2,1-6H3,(H,33,35). The molecule has 208 valence electrons. The second-order valence-electron chi connectivity index (χ2n) is 11.6. The summed E-state index contributed by atoms with van der Waals surface area (Å²) in [5.74, 6) is 1.20. The second kappa shape index (κ2) is 10.9. The number of ether oxygens (including phenoxy) is 1. The van der Waals surface area contributed by atoms with Crippen molar-refractivity contribution >= 4 is 27.4 Å². The number of carbonyl (C=O) groups excluding carboxylic acids is 1. The van der Waals surface area contributed by atoms with Gasteiger partial charge in [-0.3, -0.25) is 4.79 Å². The zero-order valence-electron chi connectivity index (χ0n) is 23.5. The number of rotatable bonds is 8. The van der Waals surface area contributed by atoms with E-state index in [1.54, 1.807) is 18.3 Å². The van der Waals surface area contributed by atoms with Crippen molar-refractivity contribution in [1.82, 2.24) is 9.71 Å². The molecule has 3 N–H and O–H groups in total. The Kier molecular flexibility index (Phi) is 7.93. The van der Waals surface area contributed by atoms with Gasteiger partial charge in [-0.05, 0) is 86.6 Å². The molecule has 1 unspecified atom stereocenters. The highest BCUT2D eigenvalue weighted by Gasteiger charge is 2.39. The van der Waals surface area contributed by atoms with Crippen molar-refractivity contribution in [3.05, 3.63) is 65.9 Å². The van der Waals surface area contributed by atoms with Crippen LogP contribution >= 0.6 is 0 Å². The number of sulfonamides is 1. The quantitative estimate of drug-likeness (QED) is 0.360. The average Bonchev–Trinajstić information content (AvgIpc) is 3.13. The molecule has 2 heterocycles. The lowest BCUT2D eigenvalue weighted by atomic mass is 9.97. The molecule has 1 aliphatic heterocycles. The average molecular weight is 551 g/mol. The topological polar surface area (TPSA) is 115 Å². The Morgan fingerprint density at radius 1 is 1.18 bits per heavy atom. The summed E-state index contributed by atoms with van der Waals surface area (Å²) in [7, 11) is -4.16. The van der Waals surface area contributed by atoms with E-state index < -0.39 is 15.9 Å². The van der Waals surface area contributed by atoms with Crippen molar-refractivity contribution < 1.29 is 17.9 Å². The minimum Gasteiger partial charge on any atom is -0.493 e. The second-order valence-corrected chi connectivity index (χ2v) is 13.3. The van der Waals surface area contributed by atoms with Gasteiger partial charge in [0.1, 0.15) is 11.6 Å². The molecule has 1 fully saturated rings. The Labute approximate surface area is 231 Å². The largest absolute Gasteiger partial charge is 0.493 e. The van der Waals surface area contributed by atoms with E-state index in [9.17, 15) is 13.2 Å². The highest BCUT2D eigenvalue weighted by Crippen LogP contribution is 2.38. The van der Waals surface area contributed by atoms with E-state index in [0.29, 0.717) is 36.4 Å². The number of nitrogens with one attached hydrogen (secondary N) is 1. The van der Waals surface area contributed by atoms with Crippen LogP contribution in [-0.2, 0) is 10.0 Å². The molecule has 0 aliphatic carbocycles. The van der Waals surface area contributed by atoms with Gasteiger partial charge in [-0.15, -0.1) is 0 Å². The molecule has 1 amide bonds. The lowest BCUT2D eigenvalue weighted by Crippen LogP contribution is -2.41. The van der Waals surface area contributed by atoms with Gasteiger partial charge in [0.2, 0.25) is 0 Å². The van der Waals surface area contributed by atoms with E-state index in [1.165, 1.54) is 18.2 Å². The lowest BCUT2D eigenvalue weighted by Gasteiger charge is -2.33. The first-order chi connectivity index (χ1) is 18.2. The minimum absolute atomic E-state index is 0.0812. The highest BCUT2D eigenvalue weighted by atomic mass is 32.2. The Morgan fingerprint density at radius 2 is 1.92 bits per heavy atom. The number of aryl methyl sites for hydroxylation is 1. The molecule has 2 aromatic carbocycles. The first-order valence-corrected chi connectivity index (χ1v) is 14.7. The number of pyridine rings is 1. The summed E-state index contributed by atoms with van der Waals surface area (Å²) in [4.78, 5) is 20.4. The number of nitrogens with two attached hydrogens (primary N) is 1. The molecule has 1 aromatic heterocycles. The van der Waals surface area contributed by atoms with Crippen LogP contribution in [0.15, 0.2) is 59.6 Å². The predicted molar refractivity (Wildman–Crippen MR) is 155 cm³/mol. The van der Waals surface area contributed by atoms with Gasteiger partial charge in [0.05, 0.1) is 17.1 Å². The summed E-state index contributed by atoms with van der Waals surface area (Å²) in [6, 6.07) is 13.4. The summed E-state index contributed by atoms with van der Waals surface area (Å²) >= 11 is 0. The van der Waals surface area contributed by atoms with Gasteiger partial charge in [-0.25, -0.2) is 18.1 Å². The molecule has 4 rings (SSSR count). The molecule has 0 bridgehead atoms. The van der Waals surface area contributed by atoms with Crippen molar-refractivity contribution in [2.75, 3.05) is 23.8 Å². The normalized spacial score (nSPS) is 16.9. The van der Waals surface area contributed by atoms with Gasteiger partial charge >= 0.3 is 0 Å². The molecule has 0 spiro atoms. The van der Waals surface area contributed by atoms with E-state index in [0.717, 1.165) is 23.3 Å². The lowest BCUT2D eigenvalue weighted by molar-refractivity contribution is 0.0981. The molecule has 1 saturated heterocycles. The third kappa shape index (κ3) is 6.53. The fourth-order valence-corrected chi connectivity index (χ4v) is 6.16. The molecule has 1 aliphatic rings. The van der Waals surface area contributed by atoms with Crippen LogP contribution < -0.4 is 20.1 Å². The van der Waals surface area contributed by atoms with Crippen molar-refractivity contribution in [3.63, 3.8) is 0 Å². The van der Waals surface area contributed by atoms with Crippen LogP contribution in [0.25, 0.3) is 11.1 Å². The maximum absolute atomic E-state index is 13.7. The molecule has 8 nitrogen and oxygen atoms in total. The molecule has 39 heavy (non-hydrogen) atoms. The van der Waals surface area contributed by atoms with E-state index in [2.05, 4.69) is 44.2 Å². The Hall–Kier alpha value is -3.59. The van der Waals surface area contributed by atoms with E-state index >= 15 is 0 Å². The number of aromatic nitrogens is 1. The number of benzene rings is 2. The molecular weight excluding hydrogens is 512 g/mol. The number of nitrogens with zero attached hydrogens (tertiary/aromatic N) is 2. The van der Waals surface area contributed by atoms with Crippen LogP contribution in [-0.4, -0.2) is 38.0 Å². The number of anilines is 2. The van der Waals surface area contributed by atoms with Gasteiger partial charge < -0.3 is 15.4 Å². The first-order valence-electron chi connectivity index (χ1n) is 13.2. The highest BCUT2D eigenvalue weighted by molar-refractivity contribution is 7.90. The van der Waals surface area contributed by atoms with Gasteiger partial charge in [0.15, 0.2) is 0 Å². The number of carbonyl (C=O) groups is 1. The molecule has 0 saturated carbocycles. The van der Waals surface area contributed by atoms with E-state index in [4.69, 9.17) is 15.5 Å². The fraction of sp³-hybridized carbons (Fsp3) is 0.400. The molecule has 3 aromatic rings. The summed E-state index contributed by atoms with van der Waals surface area (Å²) < 4.78 is 34.4. The van der Waals surface area contributed by atoms with Gasteiger partial charge in [-0.1, -0.05) is 32.9 Å². The third-order valence-corrected chi connectivity index (χ3v) is 8.13. The van der Waals surface area contributed by atoms with Crippen LogP contribution in [0.3, 0.4) is 0 Å². The summed E-state index contributed by atoms with van der Waals surface area (Å²) in [6.07, 6.45) is 2.66. The minimum atomic E-state index is -4.16. The van der Waals surface area contributed by atoms with Crippen LogP contribution in [0.5, 0.6) is 5.75 Å². The summed E-state index contributed by atoms with van der Waals surface area (Å²) in [5, 5.41) is 0. The van der Waals surface area contributed by atoms with Gasteiger partial charge in [0, 0.05) is 29.5 Å². The Balaban J connectivity index is 1.78. The number of amides is 1. The molecule has 9 heteroatoms. The Morgan fingerprint density at radius 3 is 2.56 bits per heavy atom. The van der Waals surface area contributed by atoms with E-state index in [-0.39, 0.29) is 21.7 Å². The van der Waals surface area contributed by atoms with Crippen molar-refractivity contribution in [2.45, 2.75) is 58.4 Å². The fourth-order valence-electron chi connectivity index (χ4n) is 5.14. The molecular formula is C30H38N4O4S. The molecule has 1 atom stereocenters. The molecule has 0 radical (unpaired) electrons. The Bertz CT molecular complexity index is 1480. The maximum atomic E-state index is 13.7. The monoisotopic (exact) mass is 550 g/mol. The maximum Gasteiger partial charge on any atom is 0.268 e. The van der Waals surface area contributed by atoms with Gasteiger partial charge in [-0.2, -0.15) is 0 Å². The van der Waals surface area contributed by atoms with Crippen molar-refractivity contribution in [3.8, 4) is 16.9 Å². The number of nitrogen functional groups attached to an aromatic ring is 1. The SMILES string of the molecule is Cc1cc(OCC(C)C)cc(-c2cnc(N3CC(C)CC3(C)C)c(C(=O)NS(=O)(=O)c3cccc(N)c3)c2)c1. The third-order valence-electron chi connectivity index (χ3n) is 6.80. The van der Waals surface area contributed by atoms with E-state index in [1.807, 2.05) is 25.1 Å². The van der Waals surface area contributed by atoms with Crippen molar-refractivity contribution in [2.24, 2.45) is 11.8 Å². The van der Waals surface area contributed by atoms with Crippen LogP contribution in [0, 0.1) is 18.8 Å². The van der Waals surface area contributed by atoms with Crippen molar-refractivity contribution in [1.29, 1.82) is 0 Å². The van der Waals surface area contributed by atoms with Crippen LogP contribution in [0.4, 0.5) is 11.5 Å². The number of hydrogen-bond acceptors (Lipinski definition) is 7. The zero-order chi connectivity index (χ0) is 28.5. The predicted octanol–water partition coefficient (Wildman–Crippen LogP) is 5.42. The summed E-state index contributed by atoms with van der Waals surface area (Å²) in [5.41, 5.74) is 8.53. The first kappa shape index (κ1) is 28.4. The number of hydrogen-bond donors (Lipinski definition) is 2. The van der Waals surface area contributed by atoms with Gasteiger partial charge in [0.25, 0.3) is 15.9 Å². The van der Waals surface area contributed by atoms with Crippen LogP contribution in [0.2, 0.25) is 0 Å². The zero-order valence-corrected chi connectivity index (χ0v) is 24.3. The smallest absolute Gasteiger partial charge is 0.268 e. The summed E-state index contributed by atoms with van der Waals surface area (Å²) in [6.45, 7) is 13.8. The van der Waals surface area contributed by atoms with Crippen LogP contribution in [0.1, 0.15) is 57.0 Å².